The summed E-state index contributed by atoms with van der Waals surface area (Å²) in [6.07, 6.45) is 0. The molecule has 0 heterocycles. The molecule has 0 unspecified atom stereocenters. The molecule has 0 amide bonds. The Morgan fingerprint density at radius 1 is 1.30 bits per heavy atom. The molecular weight excluding hydrogens is 156 g/mol. The minimum absolute atomic E-state index is 0. The van der Waals surface area contributed by atoms with Crippen LogP contribution in [0.2, 0.25) is 0 Å². The highest BCUT2D eigenvalue weighted by molar-refractivity contribution is 5.85. The van der Waals surface area contributed by atoms with Crippen LogP contribution in [0.4, 0.5) is 0 Å². The Labute approximate surface area is 67.0 Å². The van der Waals surface area contributed by atoms with Crippen molar-refractivity contribution < 1.29 is 14.6 Å². The average Bonchev–Trinajstić information content (AvgIpc) is 1.64. The zero-order valence-corrected chi connectivity index (χ0v) is 7.45. The SMILES string of the molecule is COOC(=O)C(C)(C)C.Cl. The van der Waals surface area contributed by atoms with E-state index in [0.717, 1.165) is 0 Å². The fourth-order valence-corrected chi connectivity index (χ4v) is 0.201. The first kappa shape index (κ1) is 12.4. The van der Waals surface area contributed by atoms with E-state index in [0.29, 0.717) is 0 Å². The minimum Gasteiger partial charge on any atom is -0.298 e. The summed E-state index contributed by atoms with van der Waals surface area (Å²) in [6, 6.07) is 0. The molecule has 62 valence electrons. The van der Waals surface area contributed by atoms with Gasteiger partial charge in [-0.25, -0.2) is 4.79 Å². The Morgan fingerprint density at radius 2 is 1.70 bits per heavy atom. The van der Waals surface area contributed by atoms with E-state index >= 15 is 0 Å². The van der Waals surface area contributed by atoms with Gasteiger partial charge in [0.05, 0.1) is 12.5 Å². The summed E-state index contributed by atoms with van der Waals surface area (Å²) in [5.41, 5.74) is -0.476. The summed E-state index contributed by atoms with van der Waals surface area (Å²) >= 11 is 0. The summed E-state index contributed by atoms with van der Waals surface area (Å²) < 4.78 is 0. The molecule has 0 saturated carbocycles. The lowest BCUT2D eigenvalue weighted by Gasteiger charge is -2.13. The molecule has 4 heteroatoms. The molecular formula is C6H13ClO3. The minimum atomic E-state index is -0.476. The molecule has 0 aliphatic rings. The van der Waals surface area contributed by atoms with Gasteiger partial charge in [0.15, 0.2) is 0 Å². The van der Waals surface area contributed by atoms with Crippen LogP contribution in [0.1, 0.15) is 20.8 Å². The van der Waals surface area contributed by atoms with Gasteiger partial charge in [-0.2, -0.15) is 4.89 Å². The van der Waals surface area contributed by atoms with Gasteiger partial charge in [-0.3, -0.25) is 4.89 Å². The number of halogens is 1. The third kappa shape index (κ3) is 4.58. The Balaban J connectivity index is 0. The van der Waals surface area contributed by atoms with Gasteiger partial charge in [-0.1, -0.05) is 0 Å². The Kier molecular flexibility index (Phi) is 5.61. The van der Waals surface area contributed by atoms with Gasteiger partial charge in [-0.05, 0) is 20.8 Å². The third-order valence-corrected chi connectivity index (χ3v) is 0.771. The van der Waals surface area contributed by atoms with Crippen molar-refractivity contribution in [3.05, 3.63) is 0 Å². The van der Waals surface area contributed by atoms with Gasteiger partial charge < -0.3 is 0 Å². The second kappa shape index (κ2) is 4.52. The fourth-order valence-electron chi connectivity index (χ4n) is 0.201. The molecule has 0 aromatic carbocycles. The van der Waals surface area contributed by atoms with Gasteiger partial charge in [0, 0.05) is 0 Å². The fraction of sp³-hybridized carbons (Fsp3) is 0.833. The summed E-state index contributed by atoms with van der Waals surface area (Å²) in [7, 11) is 1.31. The van der Waals surface area contributed by atoms with E-state index in [9.17, 15) is 4.79 Å². The molecule has 0 rings (SSSR count). The van der Waals surface area contributed by atoms with E-state index in [1.807, 2.05) is 0 Å². The lowest BCUT2D eigenvalue weighted by atomic mass is 9.98. The number of rotatable bonds is 1. The normalized spacial score (nSPS) is 10.0. The first-order valence-electron chi connectivity index (χ1n) is 2.73. The topological polar surface area (TPSA) is 35.5 Å². The van der Waals surface area contributed by atoms with Crippen molar-refractivity contribution in [2.24, 2.45) is 5.41 Å². The molecule has 0 bridgehead atoms. The number of carbonyl (C=O) groups excluding carboxylic acids is 1. The second-order valence-electron chi connectivity index (χ2n) is 2.79. The van der Waals surface area contributed by atoms with Crippen LogP contribution in [0.15, 0.2) is 0 Å². The van der Waals surface area contributed by atoms with Gasteiger partial charge in [-0.15, -0.1) is 12.4 Å². The van der Waals surface area contributed by atoms with E-state index in [-0.39, 0.29) is 18.4 Å². The van der Waals surface area contributed by atoms with Crippen molar-refractivity contribution in [3.63, 3.8) is 0 Å². The van der Waals surface area contributed by atoms with Crippen LogP contribution in [0.25, 0.3) is 0 Å². The van der Waals surface area contributed by atoms with Crippen molar-refractivity contribution in [3.8, 4) is 0 Å². The summed E-state index contributed by atoms with van der Waals surface area (Å²) in [5, 5.41) is 0. The number of hydrogen-bond donors (Lipinski definition) is 0. The molecule has 0 fully saturated rings. The van der Waals surface area contributed by atoms with Crippen molar-refractivity contribution in [1.82, 2.24) is 0 Å². The lowest BCUT2D eigenvalue weighted by Crippen LogP contribution is -2.22. The molecule has 0 aliphatic heterocycles. The van der Waals surface area contributed by atoms with Crippen molar-refractivity contribution in [2.75, 3.05) is 7.11 Å². The van der Waals surface area contributed by atoms with Crippen LogP contribution < -0.4 is 0 Å². The third-order valence-electron chi connectivity index (χ3n) is 0.771. The molecule has 0 aromatic rings. The second-order valence-corrected chi connectivity index (χ2v) is 2.79. The zero-order chi connectivity index (χ0) is 7.49. The maximum absolute atomic E-state index is 10.7. The summed E-state index contributed by atoms with van der Waals surface area (Å²) in [5.74, 6) is -0.356. The van der Waals surface area contributed by atoms with Crippen LogP contribution in [-0.2, 0) is 14.6 Å². The average molecular weight is 169 g/mol. The molecule has 0 N–H and O–H groups in total. The van der Waals surface area contributed by atoms with Crippen molar-refractivity contribution in [1.29, 1.82) is 0 Å². The van der Waals surface area contributed by atoms with Crippen LogP contribution in [0.3, 0.4) is 0 Å². The molecule has 0 saturated heterocycles. The Bertz CT molecular complexity index is 106. The molecule has 0 radical (unpaired) electrons. The van der Waals surface area contributed by atoms with E-state index in [4.69, 9.17) is 0 Å². The summed E-state index contributed by atoms with van der Waals surface area (Å²) in [4.78, 5) is 19.2. The predicted octanol–water partition coefficient (Wildman–Crippen LogP) is 1.56. The van der Waals surface area contributed by atoms with Gasteiger partial charge in [0.25, 0.3) is 0 Å². The summed E-state index contributed by atoms with van der Waals surface area (Å²) in [6.45, 7) is 5.27. The van der Waals surface area contributed by atoms with E-state index in [1.54, 1.807) is 20.8 Å². The van der Waals surface area contributed by atoms with E-state index in [1.165, 1.54) is 7.11 Å². The first-order valence-corrected chi connectivity index (χ1v) is 2.73. The van der Waals surface area contributed by atoms with E-state index < -0.39 is 5.41 Å². The predicted molar refractivity (Wildman–Crippen MR) is 39.8 cm³/mol. The monoisotopic (exact) mass is 168 g/mol. The zero-order valence-electron chi connectivity index (χ0n) is 6.63. The lowest BCUT2D eigenvalue weighted by molar-refractivity contribution is -0.262. The smallest absolute Gasteiger partial charge is 0.298 e. The molecule has 0 aromatic heterocycles. The quantitative estimate of drug-likeness (QED) is 0.440. The van der Waals surface area contributed by atoms with Crippen LogP contribution in [-0.4, -0.2) is 13.1 Å². The Hall–Kier alpha value is -0.280. The van der Waals surface area contributed by atoms with Gasteiger partial charge in [0.1, 0.15) is 0 Å². The standard InChI is InChI=1S/C6H12O3.ClH/c1-6(2,3)5(7)9-8-4;/h1-4H3;1H. The molecule has 3 nitrogen and oxygen atoms in total. The Morgan fingerprint density at radius 3 is 1.80 bits per heavy atom. The van der Waals surface area contributed by atoms with Crippen LogP contribution >= 0.6 is 12.4 Å². The maximum atomic E-state index is 10.7. The highest BCUT2D eigenvalue weighted by Crippen LogP contribution is 2.14. The number of hydrogen-bond acceptors (Lipinski definition) is 3. The van der Waals surface area contributed by atoms with Crippen molar-refractivity contribution in [2.45, 2.75) is 20.8 Å². The van der Waals surface area contributed by atoms with Crippen LogP contribution in [0, 0.1) is 5.41 Å². The maximum Gasteiger partial charge on any atom is 0.347 e. The van der Waals surface area contributed by atoms with Crippen molar-refractivity contribution >= 4 is 18.4 Å². The largest absolute Gasteiger partial charge is 0.347 e. The van der Waals surface area contributed by atoms with Crippen LogP contribution in [0.5, 0.6) is 0 Å². The molecule has 10 heavy (non-hydrogen) atoms. The van der Waals surface area contributed by atoms with Gasteiger partial charge in [0.2, 0.25) is 0 Å². The molecule has 0 aliphatic carbocycles. The number of carbonyl (C=O) groups is 1. The highest BCUT2D eigenvalue weighted by Gasteiger charge is 2.23. The van der Waals surface area contributed by atoms with E-state index in [2.05, 4.69) is 9.78 Å². The molecule has 0 atom stereocenters. The molecule has 0 spiro atoms. The first-order chi connectivity index (χ1) is 3.98. The highest BCUT2D eigenvalue weighted by atomic mass is 35.5. The van der Waals surface area contributed by atoms with Gasteiger partial charge >= 0.3 is 5.97 Å².